The first-order valence-corrected chi connectivity index (χ1v) is 5.96. The summed E-state index contributed by atoms with van der Waals surface area (Å²) in [6, 6.07) is 1.25. The van der Waals surface area contributed by atoms with Gasteiger partial charge in [-0.25, -0.2) is 0 Å². The minimum absolute atomic E-state index is 0. The fourth-order valence-corrected chi connectivity index (χ4v) is 1.34. The van der Waals surface area contributed by atoms with Gasteiger partial charge in [0.1, 0.15) is 0 Å². The minimum Gasteiger partial charge on any atom is -1.00 e. The first kappa shape index (κ1) is 20.9. The second-order valence-corrected chi connectivity index (χ2v) is 4.10. The summed E-state index contributed by atoms with van der Waals surface area (Å²) < 4.78 is 0. The summed E-state index contributed by atoms with van der Waals surface area (Å²) in [6.07, 6.45) is 0. The van der Waals surface area contributed by atoms with Crippen LogP contribution in [0.4, 0.5) is 0 Å². The largest absolute Gasteiger partial charge is 1.00 e. The zero-order valence-electron chi connectivity index (χ0n) is 13.2. The third kappa shape index (κ3) is 20.6. The molecule has 3 heteroatoms. The van der Waals surface area contributed by atoms with Crippen molar-refractivity contribution in [2.45, 2.75) is 60.5 Å². The molecule has 0 spiro atoms. The van der Waals surface area contributed by atoms with Crippen LogP contribution in [0.15, 0.2) is 0 Å². The van der Waals surface area contributed by atoms with Crippen LogP contribution in [0.1, 0.15) is 49.9 Å². The van der Waals surface area contributed by atoms with Crippen LogP contribution in [-0.4, -0.2) is 36.6 Å². The Balaban J connectivity index is -0.0000000800. The van der Waals surface area contributed by atoms with Crippen molar-refractivity contribution in [2.75, 3.05) is 19.6 Å². The topological polar surface area (TPSA) is 15.3 Å². The average Bonchev–Trinajstić information content (AvgIpc) is 2.06. The molecule has 0 saturated heterocycles. The van der Waals surface area contributed by atoms with E-state index in [2.05, 4.69) is 58.7 Å². The molecule has 0 unspecified atom stereocenters. The van der Waals surface area contributed by atoms with E-state index in [1.54, 1.807) is 0 Å². The van der Waals surface area contributed by atoms with Gasteiger partial charge in [-0.2, -0.15) is 0 Å². The van der Waals surface area contributed by atoms with Gasteiger partial charge in [0.2, 0.25) is 0 Å². The molecule has 0 radical (unpaired) electrons. The van der Waals surface area contributed by atoms with E-state index in [4.69, 9.17) is 0 Å². The third-order valence-electron chi connectivity index (χ3n) is 2.01. The molecular formula is C12H31LiN2. The zero-order chi connectivity index (χ0) is 11.6. The van der Waals surface area contributed by atoms with Crippen molar-refractivity contribution >= 4 is 0 Å². The standard InChI is InChI=1S/2C6H15N.Li.H/c1-5(2)7-6(3)4;1-4-7(5-2)6-3;;/h5-7H,1-4H3;4-6H2,1-3H3;;/q;;+1;-1. The van der Waals surface area contributed by atoms with Gasteiger partial charge < -0.3 is 11.6 Å². The molecule has 0 aliphatic rings. The molecule has 90 valence electrons. The predicted molar refractivity (Wildman–Crippen MR) is 68.0 cm³/mol. The Morgan fingerprint density at radius 1 is 0.867 bits per heavy atom. The van der Waals surface area contributed by atoms with Gasteiger partial charge in [0.25, 0.3) is 0 Å². The van der Waals surface area contributed by atoms with E-state index in [-0.39, 0.29) is 20.3 Å². The molecule has 0 bridgehead atoms. The van der Waals surface area contributed by atoms with Crippen molar-refractivity contribution in [1.29, 1.82) is 0 Å². The van der Waals surface area contributed by atoms with Crippen molar-refractivity contribution < 1.29 is 20.3 Å². The van der Waals surface area contributed by atoms with E-state index >= 15 is 0 Å². The fraction of sp³-hybridized carbons (Fsp3) is 1.00. The van der Waals surface area contributed by atoms with Crippen LogP contribution in [0.25, 0.3) is 0 Å². The Kier molecular flexibility index (Phi) is 20.2. The molecule has 0 amide bonds. The van der Waals surface area contributed by atoms with E-state index in [0.717, 1.165) is 0 Å². The van der Waals surface area contributed by atoms with Crippen molar-refractivity contribution in [1.82, 2.24) is 10.2 Å². The van der Waals surface area contributed by atoms with Crippen LogP contribution in [0, 0.1) is 0 Å². The molecular weight excluding hydrogens is 179 g/mol. The maximum atomic E-state index is 3.31. The van der Waals surface area contributed by atoms with Gasteiger partial charge in [-0.05, 0) is 19.6 Å². The summed E-state index contributed by atoms with van der Waals surface area (Å²) in [5.41, 5.74) is 0. The van der Waals surface area contributed by atoms with E-state index in [9.17, 15) is 0 Å². The Labute approximate surface area is 111 Å². The number of rotatable bonds is 5. The second-order valence-electron chi connectivity index (χ2n) is 4.10. The predicted octanol–water partition coefficient (Wildman–Crippen LogP) is -0.143. The minimum atomic E-state index is 0. The summed E-state index contributed by atoms with van der Waals surface area (Å²) in [4.78, 5) is 2.38. The summed E-state index contributed by atoms with van der Waals surface area (Å²) in [7, 11) is 0. The number of hydrogen-bond acceptors (Lipinski definition) is 2. The SMILES string of the molecule is CC(C)NC(C)C.CCN(CC)CC.[H-].[Li+]. The van der Waals surface area contributed by atoms with Crippen LogP contribution in [-0.2, 0) is 0 Å². The number of hydrogen-bond donors (Lipinski definition) is 1. The maximum absolute atomic E-state index is 3.31. The van der Waals surface area contributed by atoms with Crippen LogP contribution in [0.3, 0.4) is 0 Å². The Hall–Kier alpha value is 0.517. The van der Waals surface area contributed by atoms with Crippen molar-refractivity contribution in [3.05, 3.63) is 0 Å². The Morgan fingerprint density at radius 2 is 1.13 bits per heavy atom. The molecule has 0 heterocycles. The van der Waals surface area contributed by atoms with Gasteiger partial charge in [-0.15, -0.1) is 0 Å². The van der Waals surface area contributed by atoms with Crippen LogP contribution < -0.4 is 24.2 Å². The number of nitrogens with one attached hydrogen (secondary N) is 1. The molecule has 0 aromatic heterocycles. The van der Waals surface area contributed by atoms with Gasteiger partial charge >= 0.3 is 18.9 Å². The molecule has 0 atom stereocenters. The maximum Gasteiger partial charge on any atom is 1.00 e. The molecule has 0 aliphatic carbocycles. The second kappa shape index (κ2) is 14.5. The van der Waals surface area contributed by atoms with E-state index in [0.29, 0.717) is 12.1 Å². The monoisotopic (exact) mass is 210 g/mol. The van der Waals surface area contributed by atoms with E-state index < -0.39 is 0 Å². The molecule has 15 heavy (non-hydrogen) atoms. The van der Waals surface area contributed by atoms with Crippen LogP contribution in [0.5, 0.6) is 0 Å². The fourth-order valence-electron chi connectivity index (χ4n) is 1.34. The van der Waals surface area contributed by atoms with Gasteiger partial charge in [0.15, 0.2) is 0 Å². The summed E-state index contributed by atoms with van der Waals surface area (Å²) in [5, 5.41) is 3.31. The molecule has 2 nitrogen and oxygen atoms in total. The molecule has 0 rings (SSSR count). The third-order valence-corrected chi connectivity index (χ3v) is 2.01. The molecule has 0 aromatic carbocycles. The van der Waals surface area contributed by atoms with Crippen LogP contribution >= 0.6 is 0 Å². The van der Waals surface area contributed by atoms with E-state index in [1.165, 1.54) is 19.6 Å². The average molecular weight is 210 g/mol. The summed E-state index contributed by atoms with van der Waals surface area (Å²) >= 11 is 0. The Bertz CT molecular complexity index is 95.7. The van der Waals surface area contributed by atoms with Crippen molar-refractivity contribution in [3.8, 4) is 0 Å². The van der Waals surface area contributed by atoms with Gasteiger partial charge in [0, 0.05) is 12.1 Å². The number of nitrogens with zero attached hydrogens (tertiary/aromatic N) is 1. The van der Waals surface area contributed by atoms with Crippen molar-refractivity contribution in [2.24, 2.45) is 0 Å². The zero-order valence-corrected chi connectivity index (χ0v) is 12.2. The normalized spacial score (nSPS) is 10.0. The Morgan fingerprint density at radius 3 is 1.13 bits per heavy atom. The van der Waals surface area contributed by atoms with Crippen LogP contribution in [0.2, 0.25) is 0 Å². The van der Waals surface area contributed by atoms with Gasteiger partial charge in [-0.3, -0.25) is 0 Å². The van der Waals surface area contributed by atoms with Gasteiger partial charge in [-0.1, -0.05) is 48.5 Å². The molecule has 1 N–H and O–H groups in total. The molecule has 0 saturated carbocycles. The van der Waals surface area contributed by atoms with E-state index in [1.807, 2.05) is 0 Å². The quantitative estimate of drug-likeness (QED) is 0.635. The smallest absolute Gasteiger partial charge is 1.00 e. The molecule has 0 aromatic rings. The first-order chi connectivity index (χ1) is 6.47. The summed E-state index contributed by atoms with van der Waals surface area (Å²) in [6.45, 7) is 18.7. The first-order valence-electron chi connectivity index (χ1n) is 5.96. The van der Waals surface area contributed by atoms with Crippen molar-refractivity contribution in [3.63, 3.8) is 0 Å². The van der Waals surface area contributed by atoms with Gasteiger partial charge in [0.05, 0.1) is 0 Å². The molecule has 0 aliphatic heterocycles. The molecule has 0 fully saturated rings. The summed E-state index contributed by atoms with van der Waals surface area (Å²) in [5.74, 6) is 0.